The molecule has 4 rings (SSSR count). The van der Waals surface area contributed by atoms with E-state index in [1.54, 1.807) is 4.68 Å². The average Bonchev–Trinajstić information content (AvgIpc) is 3.22. The molecule has 2 heterocycles. The van der Waals surface area contributed by atoms with Crippen LogP contribution < -0.4 is 4.90 Å². The number of benzene rings is 2. The molecule has 0 amide bonds. The molecule has 7 heteroatoms. The Hall–Kier alpha value is -3.22. The fourth-order valence-corrected chi connectivity index (χ4v) is 2.54. The molecule has 24 heavy (non-hydrogen) atoms. The highest BCUT2D eigenvalue weighted by Gasteiger charge is 2.13. The summed E-state index contributed by atoms with van der Waals surface area (Å²) in [6.07, 6.45) is 0. The van der Waals surface area contributed by atoms with Gasteiger partial charge in [0, 0.05) is 38.0 Å². The zero-order valence-electron chi connectivity index (χ0n) is 13.6. The SMILES string of the molecule is CN(C)c1cccc(-c2nc(-c3ccc4nnn(C)c4c3)no2)c1. The van der Waals surface area contributed by atoms with Gasteiger partial charge >= 0.3 is 0 Å². The molecule has 0 aliphatic heterocycles. The molecule has 120 valence electrons. The Kier molecular flexibility index (Phi) is 3.26. The molecule has 0 bridgehead atoms. The van der Waals surface area contributed by atoms with E-state index in [1.165, 1.54) is 0 Å². The minimum atomic E-state index is 0.497. The zero-order chi connectivity index (χ0) is 16.7. The van der Waals surface area contributed by atoms with Crippen LogP contribution in [0.5, 0.6) is 0 Å². The van der Waals surface area contributed by atoms with E-state index in [0.29, 0.717) is 11.7 Å². The van der Waals surface area contributed by atoms with E-state index in [9.17, 15) is 0 Å². The van der Waals surface area contributed by atoms with Crippen LogP contribution in [-0.4, -0.2) is 39.2 Å². The average molecular weight is 320 g/mol. The predicted octanol–water partition coefficient (Wildman–Crippen LogP) is 2.75. The van der Waals surface area contributed by atoms with Gasteiger partial charge in [-0.25, -0.2) is 4.68 Å². The summed E-state index contributed by atoms with van der Waals surface area (Å²) in [5.74, 6) is 1.04. The Balaban J connectivity index is 1.73. The molecule has 0 fully saturated rings. The van der Waals surface area contributed by atoms with E-state index in [1.807, 2.05) is 68.5 Å². The monoisotopic (exact) mass is 320 g/mol. The molecule has 0 saturated carbocycles. The Labute approximate surface area is 138 Å². The van der Waals surface area contributed by atoms with Gasteiger partial charge in [-0.3, -0.25) is 0 Å². The van der Waals surface area contributed by atoms with Crippen LogP contribution in [-0.2, 0) is 7.05 Å². The normalized spacial score (nSPS) is 11.1. The molecule has 2 aromatic carbocycles. The van der Waals surface area contributed by atoms with Gasteiger partial charge in [-0.15, -0.1) is 5.10 Å². The lowest BCUT2D eigenvalue weighted by Gasteiger charge is -2.12. The van der Waals surface area contributed by atoms with Crippen molar-refractivity contribution in [3.63, 3.8) is 0 Å². The van der Waals surface area contributed by atoms with Gasteiger partial charge in [-0.2, -0.15) is 4.98 Å². The number of anilines is 1. The van der Waals surface area contributed by atoms with Crippen LogP contribution in [0.1, 0.15) is 0 Å². The van der Waals surface area contributed by atoms with E-state index in [4.69, 9.17) is 4.52 Å². The molecule has 0 spiro atoms. The van der Waals surface area contributed by atoms with Gasteiger partial charge in [0.15, 0.2) is 0 Å². The number of aryl methyl sites for hydroxylation is 1. The Morgan fingerprint density at radius 2 is 1.92 bits per heavy atom. The molecule has 7 nitrogen and oxygen atoms in total. The van der Waals surface area contributed by atoms with Crippen molar-refractivity contribution in [1.29, 1.82) is 0 Å². The topological polar surface area (TPSA) is 72.9 Å². The smallest absolute Gasteiger partial charge is 0.258 e. The van der Waals surface area contributed by atoms with Crippen LogP contribution in [0.2, 0.25) is 0 Å². The summed E-state index contributed by atoms with van der Waals surface area (Å²) in [6, 6.07) is 13.8. The lowest BCUT2D eigenvalue weighted by atomic mass is 10.1. The highest BCUT2D eigenvalue weighted by Crippen LogP contribution is 2.26. The zero-order valence-corrected chi connectivity index (χ0v) is 13.6. The maximum Gasteiger partial charge on any atom is 0.258 e. The molecule has 4 aromatic rings. The Morgan fingerprint density at radius 3 is 2.75 bits per heavy atom. The van der Waals surface area contributed by atoms with Gasteiger partial charge in [0.25, 0.3) is 5.89 Å². The highest BCUT2D eigenvalue weighted by molar-refractivity contribution is 5.80. The molecular weight excluding hydrogens is 304 g/mol. The van der Waals surface area contributed by atoms with Crippen molar-refractivity contribution >= 4 is 16.7 Å². The van der Waals surface area contributed by atoms with Crippen molar-refractivity contribution in [2.75, 3.05) is 19.0 Å². The molecule has 0 saturated heterocycles. The Bertz CT molecular complexity index is 1020. The Morgan fingerprint density at radius 1 is 1.04 bits per heavy atom. The van der Waals surface area contributed by atoms with Crippen molar-refractivity contribution < 1.29 is 4.52 Å². The number of fused-ring (bicyclic) bond motifs is 1. The molecule has 0 unspecified atom stereocenters. The van der Waals surface area contributed by atoms with Gasteiger partial charge in [0.2, 0.25) is 5.82 Å². The standard InChI is InChI=1S/C17H16N6O/c1-22(2)13-6-4-5-12(9-13)17-18-16(20-24-17)11-7-8-14-15(10-11)23(3)21-19-14/h4-10H,1-3H3. The molecule has 2 aromatic heterocycles. The van der Waals surface area contributed by atoms with E-state index in [0.717, 1.165) is 27.8 Å². The summed E-state index contributed by atoms with van der Waals surface area (Å²) in [5, 5.41) is 12.2. The number of hydrogen-bond donors (Lipinski definition) is 0. The highest BCUT2D eigenvalue weighted by atomic mass is 16.5. The van der Waals surface area contributed by atoms with Crippen LogP contribution in [0.3, 0.4) is 0 Å². The second-order valence-corrected chi connectivity index (χ2v) is 5.78. The maximum absolute atomic E-state index is 5.45. The van der Waals surface area contributed by atoms with Crippen LogP contribution in [0, 0.1) is 0 Å². The van der Waals surface area contributed by atoms with Crippen LogP contribution in [0.25, 0.3) is 33.9 Å². The van der Waals surface area contributed by atoms with Gasteiger partial charge in [0.1, 0.15) is 5.52 Å². The molecular formula is C17H16N6O. The third-order valence-corrected chi connectivity index (χ3v) is 3.90. The lowest BCUT2D eigenvalue weighted by molar-refractivity contribution is 0.432. The number of aromatic nitrogens is 5. The third kappa shape index (κ3) is 2.40. The van der Waals surface area contributed by atoms with Crippen molar-refractivity contribution in [1.82, 2.24) is 25.1 Å². The third-order valence-electron chi connectivity index (χ3n) is 3.90. The summed E-state index contributed by atoms with van der Waals surface area (Å²) in [4.78, 5) is 6.56. The lowest BCUT2D eigenvalue weighted by Crippen LogP contribution is -2.08. The summed E-state index contributed by atoms with van der Waals surface area (Å²) >= 11 is 0. The largest absolute Gasteiger partial charge is 0.378 e. The van der Waals surface area contributed by atoms with Crippen molar-refractivity contribution in [2.45, 2.75) is 0 Å². The first kappa shape index (κ1) is 14.4. The summed E-state index contributed by atoms with van der Waals surface area (Å²) in [6.45, 7) is 0. The molecule has 0 aliphatic rings. The molecule has 0 radical (unpaired) electrons. The van der Waals surface area contributed by atoms with Crippen molar-refractivity contribution in [2.24, 2.45) is 7.05 Å². The van der Waals surface area contributed by atoms with Crippen LogP contribution >= 0.6 is 0 Å². The minimum absolute atomic E-state index is 0.497. The second-order valence-electron chi connectivity index (χ2n) is 5.78. The number of hydrogen-bond acceptors (Lipinski definition) is 6. The fraction of sp³-hybridized carbons (Fsp3) is 0.176. The quantitative estimate of drug-likeness (QED) is 0.578. The first-order valence-corrected chi connectivity index (χ1v) is 7.53. The first-order chi connectivity index (χ1) is 11.6. The van der Waals surface area contributed by atoms with E-state index >= 15 is 0 Å². The van der Waals surface area contributed by atoms with Gasteiger partial charge < -0.3 is 9.42 Å². The van der Waals surface area contributed by atoms with Gasteiger partial charge in [-0.1, -0.05) is 16.4 Å². The predicted molar refractivity (Wildman–Crippen MR) is 91.6 cm³/mol. The number of rotatable bonds is 3. The summed E-state index contributed by atoms with van der Waals surface area (Å²) < 4.78 is 7.17. The second kappa shape index (κ2) is 5.45. The van der Waals surface area contributed by atoms with E-state index < -0.39 is 0 Å². The number of nitrogens with zero attached hydrogens (tertiary/aromatic N) is 6. The summed E-state index contributed by atoms with van der Waals surface area (Å²) in [7, 11) is 5.85. The molecule has 0 atom stereocenters. The molecule has 0 aliphatic carbocycles. The van der Waals surface area contributed by atoms with Gasteiger partial charge in [-0.05, 0) is 36.4 Å². The summed E-state index contributed by atoms with van der Waals surface area (Å²) in [5.41, 5.74) is 4.60. The first-order valence-electron chi connectivity index (χ1n) is 7.53. The van der Waals surface area contributed by atoms with Gasteiger partial charge in [0.05, 0.1) is 5.52 Å². The van der Waals surface area contributed by atoms with Crippen LogP contribution in [0.4, 0.5) is 5.69 Å². The fourth-order valence-electron chi connectivity index (χ4n) is 2.54. The van der Waals surface area contributed by atoms with E-state index in [-0.39, 0.29) is 0 Å². The van der Waals surface area contributed by atoms with E-state index in [2.05, 4.69) is 20.5 Å². The minimum Gasteiger partial charge on any atom is -0.378 e. The molecule has 0 N–H and O–H groups in total. The van der Waals surface area contributed by atoms with Crippen molar-refractivity contribution in [3.05, 3.63) is 42.5 Å². The van der Waals surface area contributed by atoms with Crippen molar-refractivity contribution in [3.8, 4) is 22.8 Å². The maximum atomic E-state index is 5.45. The van der Waals surface area contributed by atoms with Crippen LogP contribution in [0.15, 0.2) is 47.0 Å².